The minimum Gasteiger partial charge on any atom is -0.393 e. The Kier molecular flexibility index (Phi) is 4.73. The number of benzene rings is 2. The van der Waals surface area contributed by atoms with Crippen molar-refractivity contribution in [3.05, 3.63) is 48.0 Å². The monoisotopic (exact) mass is 390 g/mol. The third kappa shape index (κ3) is 3.24. The van der Waals surface area contributed by atoms with Crippen molar-refractivity contribution in [2.75, 3.05) is 18.4 Å². The van der Waals surface area contributed by atoms with Crippen LogP contribution in [0.1, 0.15) is 30.6 Å². The fourth-order valence-electron chi connectivity index (χ4n) is 3.40. The van der Waals surface area contributed by atoms with E-state index in [-0.39, 0.29) is 6.10 Å². The number of sulfonamides is 1. The van der Waals surface area contributed by atoms with Gasteiger partial charge in [-0.25, -0.2) is 12.7 Å². The molecule has 26 heavy (non-hydrogen) atoms. The van der Waals surface area contributed by atoms with Gasteiger partial charge in [-0.2, -0.15) is 0 Å². The van der Waals surface area contributed by atoms with Crippen LogP contribution in [0.3, 0.4) is 0 Å². The van der Waals surface area contributed by atoms with Gasteiger partial charge in [-0.3, -0.25) is 0 Å². The van der Waals surface area contributed by atoms with Crippen molar-refractivity contribution in [1.29, 1.82) is 0 Å². The maximum Gasteiger partial charge on any atom is 0.220 e. The molecular formula is C19H22N2O3S2. The molecule has 0 aliphatic carbocycles. The molecule has 1 unspecified atom stereocenters. The standard InChI is InChI=1S/C19H22N2O3S2/c1-13(26(23,24)21-10-8-15(22)9-11-21)14-6-7-19-17(12-14)20-16-4-2-3-5-18(16)25-19/h2-7,12-13,15,20,22H,8-11H2,1H3. The molecule has 2 N–H and O–H groups in total. The lowest BCUT2D eigenvalue weighted by atomic mass is 10.1. The van der Waals surface area contributed by atoms with Crippen molar-refractivity contribution < 1.29 is 13.5 Å². The lowest BCUT2D eigenvalue weighted by Gasteiger charge is -2.31. The summed E-state index contributed by atoms with van der Waals surface area (Å²) in [6.07, 6.45) is 0.623. The van der Waals surface area contributed by atoms with Crippen LogP contribution in [0.2, 0.25) is 0 Å². The Hall–Kier alpha value is -1.54. The second kappa shape index (κ2) is 6.88. The highest BCUT2D eigenvalue weighted by Crippen LogP contribution is 2.45. The summed E-state index contributed by atoms with van der Waals surface area (Å²) in [6.45, 7) is 2.52. The number of piperidine rings is 1. The number of aliphatic hydroxyl groups excluding tert-OH is 1. The van der Waals surface area contributed by atoms with Crippen LogP contribution in [0, 0.1) is 0 Å². The Balaban J connectivity index is 1.59. The van der Waals surface area contributed by atoms with Gasteiger partial charge < -0.3 is 10.4 Å². The Morgan fingerprint density at radius 2 is 1.81 bits per heavy atom. The van der Waals surface area contributed by atoms with Crippen molar-refractivity contribution in [2.45, 2.75) is 40.9 Å². The Morgan fingerprint density at radius 3 is 2.58 bits per heavy atom. The molecule has 2 aliphatic rings. The van der Waals surface area contributed by atoms with E-state index in [0.717, 1.165) is 21.8 Å². The summed E-state index contributed by atoms with van der Waals surface area (Å²) < 4.78 is 27.5. The van der Waals surface area contributed by atoms with Gasteiger partial charge in [-0.1, -0.05) is 30.0 Å². The molecule has 0 aromatic heterocycles. The molecule has 1 atom stereocenters. The minimum atomic E-state index is -3.44. The molecule has 0 radical (unpaired) electrons. The van der Waals surface area contributed by atoms with Crippen molar-refractivity contribution in [3.63, 3.8) is 0 Å². The fourth-order valence-corrected chi connectivity index (χ4v) is 6.03. The van der Waals surface area contributed by atoms with Crippen LogP contribution in [-0.4, -0.2) is 37.0 Å². The van der Waals surface area contributed by atoms with Gasteiger partial charge in [0.05, 0.1) is 22.7 Å². The number of hydrogen-bond acceptors (Lipinski definition) is 5. The van der Waals surface area contributed by atoms with E-state index in [9.17, 15) is 13.5 Å². The average molecular weight is 391 g/mol. The zero-order valence-corrected chi connectivity index (χ0v) is 16.2. The second-order valence-electron chi connectivity index (χ2n) is 6.80. The van der Waals surface area contributed by atoms with E-state index >= 15 is 0 Å². The van der Waals surface area contributed by atoms with E-state index in [2.05, 4.69) is 11.4 Å². The van der Waals surface area contributed by atoms with Gasteiger partial charge in [-0.15, -0.1) is 0 Å². The average Bonchev–Trinajstić information content (AvgIpc) is 2.65. The van der Waals surface area contributed by atoms with Gasteiger partial charge in [0.2, 0.25) is 10.0 Å². The number of aliphatic hydroxyl groups is 1. The summed E-state index contributed by atoms with van der Waals surface area (Å²) in [5, 5.41) is 12.4. The SMILES string of the molecule is CC(c1ccc2c(c1)Nc1ccccc1S2)S(=O)(=O)N1CCC(O)CC1. The summed E-state index contributed by atoms with van der Waals surface area (Å²) in [6, 6.07) is 13.9. The van der Waals surface area contributed by atoms with Crippen LogP contribution in [-0.2, 0) is 10.0 Å². The minimum absolute atomic E-state index is 0.387. The molecule has 2 aromatic carbocycles. The third-order valence-electron chi connectivity index (χ3n) is 5.08. The number of anilines is 2. The quantitative estimate of drug-likeness (QED) is 0.713. The summed E-state index contributed by atoms with van der Waals surface area (Å²) in [4.78, 5) is 2.26. The Labute approximate surface area is 158 Å². The third-order valence-corrected chi connectivity index (χ3v) is 8.48. The molecule has 2 heterocycles. The maximum absolute atomic E-state index is 13.0. The Bertz CT molecular complexity index is 922. The van der Waals surface area contributed by atoms with E-state index in [0.29, 0.717) is 25.9 Å². The number of nitrogens with one attached hydrogen (secondary N) is 1. The highest BCUT2D eigenvalue weighted by molar-refractivity contribution is 7.99. The number of para-hydroxylation sites is 1. The molecule has 1 saturated heterocycles. The molecule has 5 nitrogen and oxygen atoms in total. The molecule has 138 valence electrons. The lowest BCUT2D eigenvalue weighted by Crippen LogP contribution is -2.41. The number of fused-ring (bicyclic) bond motifs is 2. The molecule has 2 aliphatic heterocycles. The largest absolute Gasteiger partial charge is 0.393 e. The molecular weight excluding hydrogens is 368 g/mol. The summed E-state index contributed by atoms with van der Waals surface area (Å²) in [7, 11) is -3.44. The van der Waals surface area contributed by atoms with Crippen molar-refractivity contribution in [2.24, 2.45) is 0 Å². The van der Waals surface area contributed by atoms with Gasteiger partial charge in [0.1, 0.15) is 0 Å². The highest BCUT2D eigenvalue weighted by Gasteiger charge is 2.33. The van der Waals surface area contributed by atoms with Gasteiger partial charge in [0.25, 0.3) is 0 Å². The molecule has 1 fully saturated rings. The van der Waals surface area contributed by atoms with Crippen LogP contribution in [0.25, 0.3) is 0 Å². The molecule has 0 bridgehead atoms. The number of nitrogens with zero attached hydrogens (tertiary/aromatic N) is 1. The molecule has 0 spiro atoms. The van der Waals surface area contributed by atoms with E-state index in [1.54, 1.807) is 18.7 Å². The second-order valence-corrected chi connectivity index (χ2v) is 10.1. The molecule has 4 rings (SSSR count). The fraction of sp³-hybridized carbons (Fsp3) is 0.368. The van der Waals surface area contributed by atoms with Crippen molar-refractivity contribution >= 4 is 33.2 Å². The first-order valence-corrected chi connectivity index (χ1v) is 11.1. The van der Waals surface area contributed by atoms with Crippen LogP contribution >= 0.6 is 11.8 Å². The lowest BCUT2D eigenvalue weighted by molar-refractivity contribution is 0.112. The Morgan fingerprint density at radius 1 is 1.12 bits per heavy atom. The summed E-state index contributed by atoms with van der Waals surface area (Å²) in [5.41, 5.74) is 2.77. The van der Waals surface area contributed by atoms with Crippen LogP contribution in [0.4, 0.5) is 11.4 Å². The summed E-state index contributed by atoms with van der Waals surface area (Å²) in [5.74, 6) is 0. The topological polar surface area (TPSA) is 69.6 Å². The van der Waals surface area contributed by atoms with E-state index in [4.69, 9.17) is 0 Å². The first kappa shape index (κ1) is 17.9. The molecule has 0 saturated carbocycles. The van der Waals surface area contributed by atoms with E-state index in [1.807, 2.05) is 36.4 Å². The first-order valence-electron chi connectivity index (χ1n) is 8.80. The first-order chi connectivity index (χ1) is 12.4. The highest BCUT2D eigenvalue weighted by atomic mass is 32.2. The number of hydrogen-bond donors (Lipinski definition) is 2. The maximum atomic E-state index is 13.0. The van der Waals surface area contributed by atoms with Crippen molar-refractivity contribution in [1.82, 2.24) is 4.31 Å². The van der Waals surface area contributed by atoms with Gasteiger partial charge >= 0.3 is 0 Å². The molecule has 2 aromatic rings. The van der Waals surface area contributed by atoms with Crippen LogP contribution in [0.15, 0.2) is 52.3 Å². The van der Waals surface area contributed by atoms with Crippen LogP contribution in [0.5, 0.6) is 0 Å². The van der Waals surface area contributed by atoms with Crippen molar-refractivity contribution in [3.8, 4) is 0 Å². The van der Waals surface area contributed by atoms with Gasteiger partial charge in [0.15, 0.2) is 0 Å². The summed E-state index contributed by atoms with van der Waals surface area (Å²) >= 11 is 1.69. The van der Waals surface area contributed by atoms with Gasteiger partial charge in [0, 0.05) is 22.9 Å². The van der Waals surface area contributed by atoms with E-state index in [1.165, 1.54) is 9.20 Å². The predicted octanol–water partition coefficient (Wildman–Crippen LogP) is 3.74. The normalized spacial score (nSPS) is 19.3. The molecule has 0 amide bonds. The zero-order chi connectivity index (χ0) is 18.3. The van der Waals surface area contributed by atoms with E-state index < -0.39 is 15.3 Å². The van der Waals surface area contributed by atoms with Crippen LogP contribution < -0.4 is 5.32 Å². The number of rotatable bonds is 3. The predicted molar refractivity (Wildman–Crippen MR) is 104 cm³/mol. The zero-order valence-electron chi connectivity index (χ0n) is 14.6. The molecule has 7 heteroatoms. The smallest absolute Gasteiger partial charge is 0.220 e. The van der Waals surface area contributed by atoms with Gasteiger partial charge in [-0.05, 0) is 49.6 Å².